The van der Waals surface area contributed by atoms with Crippen LogP contribution in [0.15, 0.2) is 66.8 Å². The molecule has 0 bridgehead atoms. The summed E-state index contributed by atoms with van der Waals surface area (Å²) in [6.45, 7) is 2.44. The number of unbranched alkanes of at least 4 members (excludes halogenated alkanes) is 5. The van der Waals surface area contributed by atoms with Gasteiger partial charge >= 0.3 is 12.1 Å². The van der Waals surface area contributed by atoms with Crippen molar-refractivity contribution in [1.82, 2.24) is 5.32 Å². The molecular formula is C33H48N2O8. The molecule has 0 heterocycles. The van der Waals surface area contributed by atoms with Gasteiger partial charge in [-0.3, -0.25) is 10.1 Å². The second kappa shape index (κ2) is 24.7. The van der Waals surface area contributed by atoms with Gasteiger partial charge in [0.25, 0.3) is 5.91 Å². The topological polar surface area (TPSA) is 143 Å². The largest absolute Gasteiger partial charge is 0.507 e. The number of carboxylic acid groups (broad SMARTS) is 1. The first kappa shape index (κ1) is 37.1. The van der Waals surface area contributed by atoms with Gasteiger partial charge in [0.2, 0.25) is 6.29 Å². The van der Waals surface area contributed by atoms with Gasteiger partial charge in [-0.25, -0.2) is 9.59 Å². The smallest absolute Gasteiger partial charge is 0.411 e. The molecule has 1 rings (SSSR count). The number of carbonyl (C=O) groups is 3. The predicted molar refractivity (Wildman–Crippen MR) is 168 cm³/mol. The van der Waals surface area contributed by atoms with Gasteiger partial charge in [-0.1, -0.05) is 74.8 Å². The highest BCUT2D eigenvalue weighted by Gasteiger charge is 2.18. The van der Waals surface area contributed by atoms with Crippen LogP contribution in [0.4, 0.5) is 10.5 Å². The van der Waals surface area contributed by atoms with Crippen LogP contribution in [-0.4, -0.2) is 61.3 Å². The van der Waals surface area contributed by atoms with E-state index in [1.807, 2.05) is 0 Å². The number of carboxylic acids is 1. The van der Waals surface area contributed by atoms with E-state index < -0.39 is 30.0 Å². The molecule has 0 aliphatic carbocycles. The lowest BCUT2D eigenvalue weighted by molar-refractivity contribution is -0.165. The van der Waals surface area contributed by atoms with Crippen LogP contribution in [0.5, 0.6) is 5.75 Å². The maximum Gasteiger partial charge on any atom is 0.411 e. The van der Waals surface area contributed by atoms with Crippen LogP contribution in [0.2, 0.25) is 0 Å². The number of hydrogen-bond donors (Lipinski definition) is 4. The molecule has 0 saturated carbocycles. The maximum absolute atomic E-state index is 12.3. The van der Waals surface area contributed by atoms with E-state index in [0.29, 0.717) is 6.61 Å². The van der Waals surface area contributed by atoms with Crippen LogP contribution in [0.25, 0.3) is 0 Å². The summed E-state index contributed by atoms with van der Waals surface area (Å²) in [5.74, 6) is -2.23. The number of hydrogen-bond acceptors (Lipinski definition) is 7. The summed E-state index contributed by atoms with van der Waals surface area (Å²) in [6.07, 6.45) is 26.1. The van der Waals surface area contributed by atoms with Crippen LogP contribution in [0, 0.1) is 0 Å². The molecule has 0 fully saturated rings. The lowest BCUT2D eigenvalue weighted by atomic mass is 10.1. The minimum atomic E-state index is -1.33. The Balaban J connectivity index is 2.06. The number of nitrogens with one attached hydrogen (secondary N) is 2. The molecule has 10 heteroatoms. The van der Waals surface area contributed by atoms with Crippen molar-refractivity contribution in [2.75, 3.05) is 32.2 Å². The third-order valence-corrected chi connectivity index (χ3v) is 6.04. The molecule has 1 aromatic carbocycles. The third-order valence-electron chi connectivity index (χ3n) is 6.04. The third kappa shape index (κ3) is 19.0. The van der Waals surface area contributed by atoms with Gasteiger partial charge in [-0.2, -0.15) is 0 Å². The molecule has 1 atom stereocenters. The van der Waals surface area contributed by atoms with Crippen LogP contribution >= 0.6 is 0 Å². The Morgan fingerprint density at radius 3 is 2.14 bits per heavy atom. The molecule has 0 radical (unpaired) electrons. The first-order chi connectivity index (χ1) is 20.9. The zero-order chi connectivity index (χ0) is 31.5. The first-order valence-electron chi connectivity index (χ1n) is 14.9. The zero-order valence-electron chi connectivity index (χ0n) is 25.5. The average molecular weight is 601 g/mol. The normalized spacial score (nSPS) is 12.4. The number of aromatic carboxylic acids is 1. The molecule has 0 spiro atoms. The molecule has 0 aliphatic rings. The number of benzene rings is 1. The van der Waals surface area contributed by atoms with Gasteiger partial charge < -0.3 is 29.7 Å². The second-order valence-corrected chi connectivity index (χ2v) is 9.58. The fourth-order valence-electron chi connectivity index (χ4n) is 3.77. The number of amides is 2. The fraction of sp³-hybridized carbons (Fsp3) is 0.485. The highest BCUT2D eigenvalue weighted by molar-refractivity contribution is 5.94. The van der Waals surface area contributed by atoms with E-state index in [-0.39, 0.29) is 24.4 Å². The fourth-order valence-corrected chi connectivity index (χ4v) is 3.77. The van der Waals surface area contributed by atoms with Crippen molar-refractivity contribution >= 4 is 23.7 Å². The van der Waals surface area contributed by atoms with E-state index in [2.05, 4.69) is 66.2 Å². The Morgan fingerprint density at radius 1 is 0.860 bits per heavy atom. The highest BCUT2D eigenvalue weighted by atomic mass is 16.7. The van der Waals surface area contributed by atoms with E-state index in [1.54, 1.807) is 0 Å². The minimum Gasteiger partial charge on any atom is -0.507 e. The standard InChI is InChI=1S/C33H48N2O8/c1-3-4-5-6-7-8-9-10-11-12-13-14-15-16-17-18-19-20-24-42-32(41-2)30(37)34-23-25-43-33(40)35-27-21-22-29(36)28(26-27)31(38)39/h4-5,7-8,10-11,13-14,21-22,26,32,36H,3,6,9,12,15-20,23-25H2,1-2H3,(H,34,37)(H,35,40)(H,38,39)/b5-4-,8-7-,11-10-,14-13-. The first-order valence-corrected chi connectivity index (χ1v) is 14.9. The van der Waals surface area contributed by atoms with E-state index in [9.17, 15) is 19.5 Å². The average Bonchev–Trinajstić information content (AvgIpc) is 2.99. The molecule has 0 aliphatic heterocycles. The predicted octanol–water partition coefficient (Wildman–Crippen LogP) is 6.89. The summed E-state index contributed by atoms with van der Waals surface area (Å²) in [4.78, 5) is 35.2. The summed E-state index contributed by atoms with van der Waals surface area (Å²) in [7, 11) is 1.38. The van der Waals surface area contributed by atoms with E-state index in [4.69, 9.17) is 19.3 Å². The van der Waals surface area contributed by atoms with Gasteiger partial charge in [-0.15, -0.1) is 0 Å². The summed E-state index contributed by atoms with van der Waals surface area (Å²) in [6, 6.07) is 3.59. The number of carbonyl (C=O) groups excluding carboxylic acids is 2. The second-order valence-electron chi connectivity index (χ2n) is 9.58. The van der Waals surface area contributed by atoms with E-state index in [1.165, 1.54) is 13.2 Å². The SMILES string of the molecule is CC/C=C\C/C=C\C/C=C\C/C=C\CCCCCCCOC(OC)C(=O)NCCOC(=O)Nc1ccc(O)c(C(=O)O)c1. The van der Waals surface area contributed by atoms with E-state index in [0.717, 1.165) is 76.3 Å². The van der Waals surface area contributed by atoms with Gasteiger partial charge in [0, 0.05) is 12.8 Å². The molecule has 2 amide bonds. The number of anilines is 1. The number of rotatable bonds is 23. The van der Waals surface area contributed by atoms with Gasteiger partial charge in [0.1, 0.15) is 17.9 Å². The quantitative estimate of drug-likeness (QED) is 0.0460. The van der Waals surface area contributed by atoms with Crippen LogP contribution < -0.4 is 10.6 Å². The number of allylic oxidation sites excluding steroid dienone is 8. The Kier molecular flexibility index (Phi) is 21.3. The molecule has 4 N–H and O–H groups in total. The van der Waals surface area contributed by atoms with Gasteiger partial charge in [-0.05, 0) is 63.1 Å². The van der Waals surface area contributed by atoms with Crippen molar-refractivity contribution in [3.63, 3.8) is 0 Å². The molecule has 10 nitrogen and oxygen atoms in total. The summed E-state index contributed by atoms with van der Waals surface area (Å²) in [5, 5.41) is 23.5. The van der Waals surface area contributed by atoms with Crippen LogP contribution in [0.1, 0.15) is 81.5 Å². The number of methoxy groups -OCH3 is 1. The lowest BCUT2D eigenvalue weighted by Crippen LogP contribution is -2.39. The summed E-state index contributed by atoms with van der Waals surface area (Å²) < 4.78 is 15.6. The van der Waals surface area contributed by atoms with Crippen LogP contribution in [-0.2, 0) is 19.0 Å². The molecule has 1 aromatic rings. The molecular weight excluding hydrogens is 552 g/mol. The Bertz CT molecular complexity index is 1060. The monoisotopic (exact) mass is 600 g/mol. The number of phenols is 1. The van der Waals surface area contributed by atoms with Crippen molar-refractivity contribution in [2.45, 2.75) is 77.4 Å². The van der Waals surface area contributed by atoms with Gasteiger partial charge in [0.15, 0.2) is 0 Å². The Labute approximate surface area is 255 Å². The van der Waals surface area contributed by atoms with E-state index >= 15 is 0 Å². The zero-order valence-corrected chi connectivity index (χ0v) is 25.5. The molecule has 238 valence electrons. The molecule has 1 unspecified atom stereocenters. The molecule has 0 saturated heterocycles. The number of ether oxygens (including phenoxy) is 3. The number of aromatic hydroxyl groups is 1. The van der Waals surface area contributed by atoms with Gasteiger partial charge in [0.05, 0.1) is 13.2 Å². The lowest BCUT2D eigenvalue weighted by Gasteiger charge is -2.16. The Morgan fingerprint density at radius 2 is 1.49 bits per heavy atom. The summed E-state index contributed by atoms with van der Waals surface area (Å²) in [5.41, 5.74) is -0.212. The summed E-state index contributed by atoms with van der Waals surface area (Å²) >= 11 is 0. The molecule has 43 heavy (non-hydrogen) atoms. The van der Waals surface area contributed by atoms with Crippen molar-refractivity contribution in [3.05, 3.63) is 72.4 Å². The highest BCUT2D eigenvalue weighted by Crippen LogP contribution is 2.21. The maximum atomic E-state index is 12.3. The van der Waals surface area contributed by atoms with Crippen molar-refractivity contribution in [3.8, 4) is 5.75 Å². The molecule has 0 aromatic heterocycles. The Hall–Kier alpha value is -3.89. The van der Waals surface area contributed by atoms with Crippen molar-refractivity contribution in [1.29, 1.82) is 0 Å². The van der Waals surface area contributed by atoms with Crippen molar-refractivity contribution in [2.24, 2.45) is 0 Å². The minimum absolute atomic E-state index is 0.0324. The van der Waals surface area contributed by atoms with Crippen LogP contribution in [0.3, 0.4) is 0 Å². The van der Waals surface area contributed by atoms with Crippen molar-refractivity contribution < 1.29 is 38.8 Å².